The van der Waals surface area contributed by atoms with Crippen molar-refractivity contribution in [1.29, 1.82) is 0 Å². The van der Waals surface area contributed by atoms with Crippen LogP contribution < -0.4 is 15.0 Å². The average Bonchev–Trinajstić information content (AvgIpc) is 3.20. The number of ether oxygens (including phenoxy) is 1. The first-order chi connectivity index (χ1) is 17.0. The smallest absolute Gasteiger partial charge is 0.215 e. The van der Waals surface area contributed by atoms with E-state index in [1.54, 1.807) is 18.3 Å². The van der Waals surface area contributed by atoms with Crippen LogP contribution in [0.1, 0.15) is 25.3 Å². The van der Waals surface area contributed by atoms with Crippen molar-refractivity contribution in [2.75, 3.05) is 25.1 Å². The molecule has 0 radical (unpaired) electrons. The first kappa shape index (κ1) is 22.0. The Morgan fingerprint density at radius 2 is 1.91 bits per heavy atom. The molecule has 2 aromatic heterocycles. The number of anilines is 1. The number of aromatic hydroxyl groups is 1. The number of hydrogen-bond donors (Lipinski definition) is 2. The minimum Gasteiger partial charge on any atom is -0.508 e. The van der Waals surface area contributed by atoms with Gasteiger partial charge in [0.2, 0.25) is 5.88 Å². The Hall–Kier alpha value is -3.52. The fraction of sp³-hybridized carbons (Fsp3) is 0.333. The quantitative estimate of drug-likeness (QED) is 0.435. The molecule has 2 aliphatic rings. The predicted molar refractivity (Wildman–Crippen MR) is 132 cm³/mol. The number of aromatic nitrogens is 2. The Bertz CT molecular complexity index is 1460. The highest BCUT2D eigenvalue weighted by molar-refractivity contribution is 6.02. The molecule has 0 amide bonds. The van der Waals surface area contributed by atoms with Crippen LogP contribution in [0.2, 0.25) is 0 Å². The lowest BCUT2D eigenvalue weighted by atomic mass is 9.94. The number of phenols is 1. The van der Waals surface area contributed by atoms with E-state index in [1.165, 1.54) is 19.2 Å². The van der Waals surface area contributed by atoms with Gasteiger partial charge in [-0.05, 0) is 53.8 Å². The molecule has 6 nitrogen and oxygen atoms in total. The van der Waals surface area contributed by atoms with E-state index in [9.17, 15) is 9.50 Å². The lowest BCUT2D eigenvalue weighted by molar-refractivity contribution is 0.398. The van der Waals surface area contributed by atoms with Crippen LogP contribution in [0.15, 0.2) is 36.5 Å². The summed E-state index contributed by atoms with van der Waals surface area (Å²) in [5.74, 6) is -0.726. The fourth-order valence-electron chi connectivity index (χ4n) is 5.69. The summed E-state index contributed by atoms with van der Waals surface area (Å²) in [6, 6.07) is 8.59. The Labute approximate surface area is 201 Å². The van der Waals surface area contributed by atoms with Gasteiger partial charge in [0.25, 0.3) is 0 Å². The van der Waals surface area contributed by atoms with Crippen molar-refractivity contribution in [3.8, 4) is 22.9 Å². The number of nitrogens with one attached hydrogen (secondary N) is 1. The number of aryl methyl sites for hydroxylation is 1. The molecule has 2 aliphatic heterocycles. The highest BCUT2D eigenvalue weighted by atomic mass is 19.1. The summed E-state index contributed by atoms with van der Waals surface area (Å²) in [5, 5.41) is 15.7. The van der Waals surface area contributed by atoms with Crippen molar-refractivity contribution < 1.29 is 18.6 Å². The molecule has 8 heteroatoms. The molecule has 2 unspecified atom stereocenters. The van der Waals surface area contributed by atoms with E-state index < -0.39 is 5.82 Å². The number of halogens is 2. The molecule has 6 rings (SSSR count). The number of piperazine rings is 1. The van der Waals surface area contributed by atoms with Crippen LogP contribution in [-0.4, -0.2) is 47.4 Å². The van der Waals surface area contributed by atoms with Crippen molar-refractivity contribution in [3.05, 3.63) is 53.7 Å². The number of pyridine rings is 2. The molecule has 2 bridgehead atoms. The minimum absolute atomic E-state index is 0.0192. The van der Waals surface area contributed by atoms with Gasteiger partial charge in [0.1, 0.15) is 22.8 Å². The maximum Gasteiger partial charge on any atom is 0.215 e. The molecule has 180 valence electrons. The van der Waals surface area contributed by atoms with Gasteiger partial charge in [0.15, 0.2) is 5.82 Å². The fourth-order valence-corrected chi connectivity index (χ4v) is 5.69. The molecular formula is C27H26F2N4O2. The number of phenolic OH excluding ortho intramolecular Hbond substituents is 1. The summed E-state index contributed by atoms with van der Waals surface area (Å²) in [5.41, 5.74) is 1.78. The first-order valence-corrected chi connectivity index (χ1v) is 12.0. The highest BCUT2D eigenvalue weighted by Crippen LogP contribution is 2.40. The highest BCUT2D eigenvalue weighted by Gasteiger charge is 2.33. The Kier molecular flexibility index (Phi) is 5.21. The van der Waals surface area contributed by atoms with Crippen molar-refractivity contribution in [2.45, 2.75) is 38.3 Å². The lowest BCUT2D eigenvalue weighted by Gasteiger charge is -2.35. The largest absolute Gasteiger partial charge is 0.508 e. The van der Waals surface area contributed by atoms with E-state index >= 15 is 4.39 Å². The van der Waals surface area contributed by atoms with Gasteiger partial charge in [0.05, 0.1) is 12.8 Å². The van der Waals surface area contributed by atoms with Crippen LogP contribution in [-0.2, 0) is 6.42 Å². The SMILES string of the molecule is CCc1c(F)ccc2cc(O)cc(-c3ncc4c(N5CC6CCC(C5)N6)cc(OC)nc4c3F)c12. The predicted octanol–water partition coefficient (Wildman–Crippen LogP) is 4.95. The van der Waals surface area contributed by atoms with Gasteiger partial charge < -0.3 is 20.1 Å². The topological polar surface area (TPSA) is 70.5 Å². The third-order valence-electron chi connectivity index (χ3n) is 7.28. The molecule has 0 saturated carbocycles. The summed E-state index contributed by atoms with van der Waals surface area (Å²) in [4.78, 5) is 11.2. The zero-order chi connectivity index (χ0) is 24.3. The normalized spacial score (nSPS) is 19.6. The van der Waals surface area contributed by atoms with Crippen molar-refractivity contribution in [3.63, 3.8) is 0 Å². The second-order valence-corrected chi connectivity index (χ2v) is 9.38. The molecule has 2 N–H and O–H groups in total. The van der Waals surface area contributed by atoms with Gasteiger partial charge in [0, 0.05) is 48.4 Å². The first-order valence-electron chi connectivity index (χ1n) is 12.0. The Morgan fingerprint density at radius 1 is 1.14 bits per heavy atom. The van der Waals surface area contributed by atoms with Crippen LogP contribution in [0.4, 0.5) is 14.5 Å². The van der Waals surface area contributed by atoms with Gasteiger partial charge in [-0.15, -0.1) is 0 Å². The van der Waals surface area contributed by atoms with E-state index in [0.717, 1.165) is 31.6 Å². The van der Waals surface area contributed by atoms with E-state index in [1.807, 2.05) is 13.0 Å². The Morgan fingerprint density at radius 3 is 2.63 bits per heavy atom. The average molecular weight is 477 g/mol. The molecule has 4 aromatic rings. The van der Waals surface area contributed by atoms with E-state index in [0.29, 0.717) is 51.7 Å². The third-order valence-corrected chi connectivity index (χ3v) is 7.28. The summed E-state index contributed by atoms with van der Waals surface area (Å²) in [7, 11) is 1.51. The number of hydrogen-bond acceptors (Lipinski definition) is 6. The van der Waals surface area contributed by atoms with Gasteiger partial charge in [-0.1, -0.05) is 13.0 Å². The molecule has 4 heterocycles. The summed E-state index contributed by atoms with van der Waals surface area (Å²) in [6.45, 7) is 3.48. The van der Waals surface area contributed by atoms with Crippen LogP contribution in [0, 0.1) is 11.6 Å². The van der Waals surface area contributed by atoms with Crippen molar-refractivity contribution in [1.82, 2.24) is 15.3 Å². The minimum atomic E-state index is -0.626. The Balaban J connectivity index is 1.59. The zero-order valence-electron chi connectivity index (χ0n) is 19.6. The molecule has 35 heavy (non-hydrogen) atoms. The molecule has 0 aliphatic carbocycles. The molecule has 2 aromatic carbocycles. The monoisotopic (exact) mass is 476 g/mol. The van der Waals surface area contributed by atoms with Gasteiger partial charge in [-0.2, -0.15) is 0 Å². The van der Waals surface area contributed by atoms with Gasteiger partial charge >= 0.3 is 0 Å². The van der Waals surface area contributed by atoms with Crippen LogP contribution in [0.25, 0.3) is 32.9 Å². The second kappa shape index (κ2) is 8.30. The standard InChI is InChI=1S/C27H26F2N4O2/c1-3-18-21(28)7-4-14-8-17(34)9-19(24(14)18)26-25(29)27-20(11-30-26)22(10-23(32-27)35-2)33-12-15-5-6-16(13-33)31-15/h4,7-11,15-16,31,34H,3,5-6,12-13H2,1-2H3. The molecule has 2 saturated heterocycles. The molecule has 2 fully saturated rings. The van der Waals surface area contributed by atoms with E-state index in [4.69, 9.17) is 4.74 Å². The molecular weight excluding hydrogens is 450 g/mol. The number of nitrogens with zero attached hydrogens (tertiary/aromatic N) is 3. The number of methoxy groups -OCH3 is 1. The summed E-state index contributed by atoms with van der Waals surface area (Å²) >= 11 is 0. The molecule has 2 atom stereocenters. The maximum atomic E-state index is 16.2. The van der Waals surface area contributed by atoms with Crippen molar-refractivity contribution >= 4 is 27.4 Å². The van der Waals surface area contributed by atoms with Gasteiger partial charge in [-0.25, -0.2) is 13.8 Å². The summed E-state index contributed by atoms with van der Waals surface area (Å²) in [6.07, 6.45) is 4.29. The number of rotatable bonds is 4. The van der Waals surface area contributed by atoms with E-state index in [-0.39, 0.29) is 22.8 Å². The maximum absolute atomic E-state index is 16.2. The van der Waals surface area contributed by atoms with Crippen LogP contribution >= 0.6 is 0 Å². The van der Waals surface area contributed by atoms with Crippen LogP contribution in [0.3, 0.4) is 0 Å². The zero-order valence-corrected chi connectivity index (χ0v) is 19.6. The molecule has 0 spiro atoms. The second-order valence-electron chi connectivity index (χ2n) is 9.38. The lowest BCUT2D eigenvalue weighted by Crippen LogP contribution is -2.51. The van der Waals surface area contributed by atoms with Crippen LogP contribution in [0.5, 0.6) is 11.6 Å². The van der Waals surface area contributed by atoms with E-state index in [2.05, 4.69) is 20.2 Å². The van der Waals surface area contributed by atoms with Gasteiger partial charge in [-0.3, -0.25) is 4.98 Å². The summed E-state index contributed by atoms with van der Waals surface area (Å²) < 4.78 is 36.3. The number of benzene rings is 2. The van der Waals surface area contributed by atoms with Crippen molar-refractivity contribution in [2.24, 2.45) is 0 Å². The third kappa shape index (κ3) is 3.55. The number of fused-ring (bicyclic) bond motifs is 4.